The van der Waals surface area contributed by atoms with Crippen molar-refractivity contribution in [2.24, 2.45) is 0 Å². The van der Waals surface area contributed by atoms with Crippen LogP contribution >= 0.6 is 11.6 Å². The van der Waals surface area contributed by atoms with E-state index in [1.165, 1.54) is 0 Å². The molecule has 0 atom stereocenters. The van der Waals surface area contributed by atoms with Gasteiger partial charge in [-0.15, -0.1) is 0 Å². The van der Waals surface area contributed by atoms with Crippen molar-refractivity contribution in [1.29, 1.82) is 5.26 Å². The molecule has 0 fully saturated rings. The molecule has 0 bridgehead atoms. The molecule has 5 heteroatoms. The molecule has 0 aliphatic carbocycles. The smallest absolute Gasteiger partial charge is 0.166 e. The number of hydrogen-bond donors (Lipinski definition) is 1. The molecule has 1 N–H and O–H groups in total. The fraction of sp³-hybridized carbons (Fsp3) is 0.188. The molecule has 0 spiro atoms. The predicted molar refractivity (Wildman–Crippen MR) is 80.9 cm³/mol. The normalized spacial score (nSPS) is 12.6. The van der Waals surface area contributed by atoms with Crippen molar-refractivity contribution in [2.45, 2.75) is 6.54 Å². The molecule has 0 unspecified atom stereocenters. The summed E-state index contributed by atoms with van der Waals surface area (Å²) >= 11 is 6.15. The molecule has 4 nitrogen and oxygen atoms in total. The lowest BCUT2D eigenvalue weighted by Gasteiger charge is -2.21. The summed E-state index contributed by atoms with van der Waals surface area (Å²) < 4.78 is 11.2. The first-order valence-electron chi connectivity index (χ1n) is 6.59. The van der Waals surface area contributed by atoms with E-state index < -0.39 is 0 Å². The van der Waals surface area contributed by atoms with Gasteiger partial charge in [0.05, 0.1) is 22.3 Å². The van der Waals surface area contributed by atoms with Gasteiger partial charge in [-0.1, -0.05) is 23.7 Å². The summed E-state index contributed by atoms with van der Waals surface area (Å²) in [6.45, 7) is 1.70. The van der Waals surface area contributed by atoms with Gasteiger partial charge in [-0.3, -0.25) is 0 Å². The number of nitrogens with zero attached hydrogens (tertiary/aromatic N) is 1. The number of fused-ring (bicyclic) bond motifs is 1. The van der Waals surface area contributed by atoms with Crippen molar-refractivity contribution in [3.05, 3.63) is 52.5 Å². The molecular weight excluding hydrogens is 288 g/mol. The monoisotopic (exact) mass is 300 g/mol. The van der Waals surface area contributed by atoms with E-state index in [0.717, 1.165) is 22.7 Å². The molecular formula is C16H13ClN2O2. The molecule has 21 heavy (non-hydrogen) atoms. The van der Waals surface area contributed by atoms with Gasteiger partial charge in [-0.2, -0.15) is 5.26 Å². The van der Waals surface area contributed by atoms with Gasteiger partial charge in [0.1, 0.15) is 13.2 Å². The zero-order valence-corrected chi connectivity index (χ0v) is 12.0. The quantitative estimate of drug-likeness (QED) is 0.941. The Bertz CT molecular complexity index is 710. The van der Waals surface area contributed by atoms with Crippen LogP contribution in [0.15, 0.2) is 36.4 Å². The van der Waals surface area contributed by atoms with Gasteiger partial charge in [0, 0.05) is 12.1 Å². The number of rotatable bonds is 3. The zero-order valence-electron chi connectivity index (χ0n) is 11.2. The fourth-order valence-corrected chi connectivity index (χ4v) is 2.44. The van der Waals surface area contributed by atoms with Gasteiger partial charge in [0.25, 0.3) is 0 Å². The van der Waals surface area contributed by atoms with E-state index in [9.17, 15) is 0 Å². The topological polar surface area (TPSA) is 54.3 Å². The summed E-state index contributed by atoms with van der Waals surface area (Å²) in [6, 6.07) is 13.0. The summed E-state index contributed by atoms with van der Waals surface area (Å²) in [5.41, 5.74) is 2.33. The van der Waals surface area contributed by atoms with Crippen LogP contribution in [0.2, 0.25) is 5.02 Å². The lowest BCUT2D eigenvalue weighted by Crippen LogP contribution is -2.17. The average molecular weight is 301 g/mol. The van der Waals surface area contributed by atoms with Crippen LogP contribution in [0.25, 0.3) is 0 Å². The lowest BCUT2D eigenvalue weighted by molar-refractivity contribution is 0.170. The number of benzene rings is 2. The van der Waals surface area contributed by atoms with Gasteiger partial charge in [0.15, 0.2) is 11.5 Å². The third-order valence-corrected chi connectivity index (χ3v) is 3.53. The highest BCUT2D eigenvalue weighted by atomic mass is 35.5. The molecule has 0 saturated carbocycles. The average Bonchev–Trinajstić information content (AvgIpc) is 2.53. The Kier molecular flexibility index (Phi) is 3.85. The number of nitrogens with one attached hydrogen (secondary N) is 1. The summed E-state index contributed by atoms with van der Waals surface area (Å²) in [5.74, 6) is 1.55. The maximum Gasteiger partial charge on any atom is 0.166 e. The van der Waals surface area contributed by atoms with Crippen LogP contribution in [0.4, 0.5) is 5.69 Å². The summed E-state index contributed by atoms with van der Waals surface area (Å²) in [6.07, 6.45) is 0. The Labute approximate surface area is 127 Å². The minimum absolute atomic E-state index is 0.524. The molecule has 0 radical (unpaired) electrons. The predicted octanol–water partition coefficient (Wildman–Crippen LogP) is 3.59. The number of anilines is 1. The first-order chi connectivity index (χ1) is 10.3. The second-order valence-electron chi connectivity index (χ2n) is 4.60. The van der Waals surface area contributed by atoms with Crippen molar-refractivity contribution >= 4 is 17.3 Å². The fourth-order valence-electron chi connectivity index (χ4n) is 2.19. The number of halogens is 1. The molecule has 1 aliphatic heterocycles. The van der Waals surface area contributed by atoms with Gasteiger partial charge in [-0.25, -0.2) is 0 Å². The van der Waals surface area contributed by atoms with Crippen LogP contribution in [0.1, 0.15) is 11.1 Å². The highest BCUT2D eigenvalue weighted by molar-refractivity contribution is 6.33. The molecule has 2 aromatic rings. The summed E-state index contributed by atoms with van der Waals surface area (Å²) in [5, 5.41) is 12.6. The van der Waals surface area contributed by atoms with Crippen molar-refractivity contribution in [3.8, 4) is 17.6 Å². The van der Waals surface area contributed by atoms with Crippen LogP contribution in [0.3, 0.4) is 0 Å². The van der Waals surface area contributed by atoms with Gasteiger partial charge in [0.2, 0.25) is 0 Å². The van der Waals surface area contributed by atoms with E-state index >= 15 is 0 Å². The lowest BCUT2D eigenvalue weighted by atomic mass is 10.1. The minimum Gasteiger partial charge on any atom is -0.486 e. The number of hydrogen-bond acceptors (Lipinski definition) is 4. The molecule has 1 aliphatic rings. The highest BCUT2D eigenvalue weighted by Crippen LogP contribution is 2.34. The summed E-state index contributed by atoms with van der Waals surface area (Å²) in [7, 11) is 0. The number of nitriles is 1. The SMILES string of the molecule is N#Cc1ccc(NCc2cccc3c2OCCO3)c(Cl)c1. The van der Waals surface area contributed by atoms with E-state index in [-0.39, 0.29) is 0 Å². The van der Waals surface area contributed by atoms with Crippen molar-refractivity contribution in [3.63, 3.8) is 0 Å². The molecule has 0 saturated heterocycles. The van der Waals surface area contributed by atoms with E-state index in [4.69, 9.17) is 26.3 Å². The standard InChI is InChI=1S/C16H13ClN2O2/c17-13-8-11(9-18)4-5-14(13)19-10-12-2-1-3-15-16(12)21-7-6-20-15/h1-5,8,19H,6-7,10H2. The van der Waals surface area contributed by atoms with Crippen molar-refractivity contribution in [2.75, 3.05) is 18.5 Å². The van der Waals surface area contributed by atoms with Crippen molar-refractivity contribution in [1.82, 2.24) is 0 Å². The second kappa shape index (κ2) is 5.94. The Morgan fingerprint density at radius 1 is 1.19 bits per heavy atom. The van der Waals surface area contributed by atoms with Gasteiger partial charge in [-0.05, 0) is 24.3 Å². The first-order valence-corrected chi connectivity index (χ1v) is 6.97. The van der Waals surface area contributed by atoms with Crippen LogP contribution in [-0.4, -0.2) is 13.2 Å². The van der Waals surface area contributed by atoms with Crippen LogP contribution < -0.4 is 14.8 Å². The number of para-hydroxylation sites is 1. The maximum atomic E-state index is 8.83. The first kappa shape index (κ1) is 13.6. The van der Waals surface area contributed by atoms with E-state index in [0.29, 0.717) is 30.3 Å². The molecule has 1 heterocycles. The van der Waals surface area contributed by atoms with E-state index in [2.05, 4.69) is 11.4 Å². The van der Waals surface area contributed by atoms with Crippen LogP contribution in [0.5, 0.6) is 11.5 Å². The van der Waals surface area contributed by atoms with Crippen LogP contribution in [-0.2, 0) is 6.54 Å². The molecule has 106 valence electrons. The number of ether oxygens (including phenoxy) is 2. The summed E-state index contributed by atoms with van der Waals surface area (Å²) in [4.78, 5) is 0. The van der Waals surface area contributed by atoms with E-state index in [1.807, 2.05) is 18.2 Å². The van der Waals surface area contributed by atoms with Crippen molar-refractivity contribution < 1.29 is 9.47 Å². The maximum absolute atomic E-state index is 8.83. The largest absolute Gasteiger partial charge is 0.486 e. The van der Waals surface area contributed by atoms with E-state index in [1.54, 1.807) is 18.2 Å². The van der Waals surface area contributed by atoms with Gasteiger partial charge >= 0.3 is 0 Å². The van der Waals surface area contributed by atoms with Gasteiger partial charge < -0.3 is 14.8 Å². The Hall–Kier alpha value is -2.38. The van der Waals surface area contributed by atoms with Crippen LogP contribution in [0, 0.1) is 11.3 Å². The Balaban J connectivity index is 1.78. The molecule has 0 amide bonds. The zero-order chi connectivity index (χ0) is 14.7. The second-order valence-corrected chi connectivity index (χ2v) is 5.01. The molecule has 0 aromatic heterocycles. The molecule has 3 rings (SSSR count). The highest BCUT2D eigenvalue weighted by Gasteiger charge is 2.15. The molecule has 2 aromatic carbocycles. The minimum atomic E-state index is 0.524. The third-order valence-electron chi connectivity index (χ3n) is 3.22. The Morgan fingerprint density at radius 2 is 2.05 bits per heavy atom. The third kappa shape index (κ3) is 2.88. The Morgan fingerprint density at radius 3 is 2.86 bits per heavy atom.